The first-order valence-electron chi connectivity index (χ1n) is 9.20. The first kappa shape index (κ1) is 21.0. The van der Waals surface area contributed by atoms with Gasteiger partial charge in [0.2, 0.25) is 5.91 Å². The molecule has 0 saturated carbocycles. The van der Waals surface area contributed by atoms with Crippen molar-refractivity contribution in [2.45, 2.75) is 57.9 Å². The van der Waals surface area contributed by atoms with Crippen LogP contribution in [0.15, 0.2) is 0 Å². The van der Waals surface area contributed by atoms with Gasteiger partial charge in [0.05, 0.1) is 5.92 Å². The maximum absolute atomic E-state index is 12.5. The fourth-order valence-corrected chi connectivity index (χ4v) is 3.49. The highest BCUT2D eigenvalue weighted by Crippen LogP contribution is 2.20. The van der Waals surface area contributed by atoms with Crippen LogP contribution in [0.5, 0.6) is 0 Å². The second-order valence-corrected chi connectivity index (χ2v) is 6.85. The number of piperidine rings is 1. The van der Waals surface area contributed by atoms with Crippen LogP contribution in [0, 0.1) is 5.92 Å². The number of hydrogen-bond donors (Lipinski definition) is 2. The molecule has 2 fully saturated rings. The Morgan fingerprint density at radius 1 is 1.17 bits per heavy atom. The number of nitrogens with one attached hydrogen (secondary N) is 1. The van der Waals surface area contributed by atoms with Crippen molar-refractivity contribution in [2.75, 3.05) is 32.7 Å². The van der Waals surface area contributed by atoms with Crippen LogP contribution in [-0.4, -0.2) is 60.5 Å². The third-order valence-electron chi connectivity index (χ3n) is 4.98. The molecular formula is C17H33ClN4O2. The summed E-state index contributed by atoms with van der Waals surface area (Å²) in [5, 5.41) is 3.08. The molecule has 140 valence electrons. The quantitative estimate of drug-likeness (QED) is 0.760. The maximum atomic E-state index is 12.5. The Bertz CT molecular complexity index is 402. The molecule has 0 aromatic rings. The smallest absolute Gasteiger partial charge is 0.320 e. The lowest BCUT2D eigenvalue weighted by atomic mass is 9.96. The van der Waals surface area contributed by atoms with Crippen LogP contribution >= 0.6 is 12.4 Å². The zero-order chi connectivity index (χ0) is 16.7. The Labute approximate surface area is 151 Å². The molecule has 2 heterocycles. The predicted molar refractivity (Wildman–Crippen MR) is 98.3 cm³/mol. The third kappa shape index (κ3) is 5.81. The Hall–Kier alpha value is -1.01. The van der Waals surface area contributed by atoms with E-state index in [1.54, 1.807) is 0 Å². The van der Waals surface area contributed by atoms with Gasteiger partial charge in [-0.25, -0.2) is 4.79 Å². The summed E-state index contributed by atoms with van der Waals surface area (Å²) in [5.41, 5.74) is 5.76. The second kappa shape index (κ2) is 10.8. The number of rotatable bonds is 6. The summed E-state index contributed by atoms with van der Waals surface area (Å²) >= 11 is 0. The minimum atomic E-state index is -0.0917. The normalized spacial score (nSPS) is 22.0. The average Bonchev–Trinajstić information content (AvgIpc) is 3.12. The van der Waals surface area contributed by atoms with Crippen LogP contribution in [-0.2, 0) is 4.79 Å². The minimum Gasteiger partial charge on any atom is -0.352 e. The number of likely N-dealkylation sites (tertiary alicyclic amines) is 2. The van der Waals surface area contributed by atoms with Crippen LogP contribution in [0.1, 0.15) is 51.9 Å². The highest BCUT2D eigenvalue weighted by atomic mass is 35.5. The molecule has 0 radical (unpaired) electrons. The maximum Gasteiger partial charge on any atom is 0.320 e. The minimum absolute atomic E-state index is 0. The second-order valence-electron chi connectivity index (χ2n) is 6.85. The van der Waals surface area contributed by atoms with E-state index in [0.717, 1.165) is 64.6 Å². The molecule has 2 aliphatic heterocycles. The monoisotopic (exact) mass is 360 g/mol. The molecule has 2 atom stereocenters. The van der Waals surface area contributed by atoms with Crippen molar-refractivity contribution in [3.8, 4) is 0 Å². The van der Waals surface area contributed by atoms with E-state index in [2.05, 4.69) is 12.2 Å². The van der Waals surface area contributed by atoms with Crippen molar-refractivity contribution >= 4 is 24.3 Å². The number of carbonyl (C=O) groups excluding carboxylic acids is 2. The van der Waals surface area contributed by atoms with Crippen LogP contribution in [0.3, 0.4) is 0 Å². The number of amides is 3. The molecule has 0 aromatic carbocycles. The number of nitrogens with two attached hydrogens (primary N) is 1. The topological polar surface area (TPSA) is 78.7 Å². The van der Waals surface area contributed by atoms with Gasteiger partial charge in [0, 0.05) is 38.8 Å². The highest BCUT2D eigenvalue weighted by molar-refractivity contribution is 5.85. The Balaban J connectivity index is 0.00000288. The number of unbranched alkanes of at least 4 members (excludes halogenated alkanes) is 1. The van der Waals surface area contributed by atoms with Gasteiger partial charge in [-0.2, -0.15) is 0 Å². The zero-order valence-corrected chi connectivity index (χ0v) is 15.7. The van der Waals surface area contributed by atoms with Crippen molar-refractivity contribution in [1.29, 1.82) is 0 Å². The summed E-state index contributed by atoms with van der Waals surface area (Å²) in [7, 11) is 0. The van der Waals surface area contributed by atoms with Gasteiger partial charge < -0.3 is 20.9 Å². The summed E-state index contributed by atoms with van der Waals surface area (Å²) in [6.45, 7) is 5.66. The highest BCUT2D eigenvalue weighted by Gasteiger charge is 2.32. The molecule has 0 bridgehead atoms. The van der Waals surface area contributed by atoms with E-state index in [4.69, 9.17) is 5.73 Å². The number of halogens is 1. The molecule has 0 aromatic heterocycles. The third-order valence-corrected chi connectivity index (χ3v) is 4.98. The first-order valence-corrected chi connectivity index (χ1v) is 9.20. The standard InChI is InChI=1S/C17H32N4O2.ClH/c1-2-3-8-15(12-18)19-16(22)14-7-6-11-21(13-14)17(23)20-9-4-5-10-20;/h14-15H,2-13,18H2,1H3,(H,19,22);1H. The zero-order valence-electron chi connectivity index (χ0n) is 14.8. The summed E-state index contributed by atoms with van der Waals surface area (Å²) in [6.07, 6.45) is 7.07. The molecule has 2 saturated heterocycles. The number of hydrogen-bond acceptors (Lipinski definition) is 3. The summed E-state index contributed by atoms with van der Waals surface area (Å²) in [6, 6.07) is 0.175. The molecular weight excluding hydrogens is 328 g/mol. The van der Waals surface area contributed by atoms with Gasteiger partial charge in [0.25, 0.3) is 0 Å². The van der Waals surface area contributed by atoms with Crippen LogP contribution in [0.25, 0.3) is 0 Å². The van der Waals surface area contributed by atoms with Gasteiger partial charge in [0.1, 0.15) is 0 Å². The SMILES string of the molecule is CCCCC(CN)NC(=O)C1CCCN(C(=O)N2CCCC2)C1.Cl. The van der Waals surface area contributed by atoms with Gasteiger partial charge in [-0.1, -0.05) is 19.8 Å². The van der Waals surface area contributed by atoms with E-state index in [0.29, 0.717) is 13.1 Å². The molecule has 3 amide bonds. The van der Waals surface area contributed by atoms with Crippen molar-refractivity contribution in [3.05, 3.63) is 0 Å². The van der Waals surface area contributed by atoms with Crippen LogP contribution < -0.4 is 11.1 Å². The predicted octanol–water partition coefficient (Wildman–Crippen LogP) is 1.97. The lowest BCUT2D eigenvalue weighted by Crippen LogP contribution is -2.51. The Morgan fingerprint density at radius 2 is 1.83 bits per heavy atom. The van der Waals surface area contributed by atoms with E-state index in [1.165, 1.54) is 0 Å². The fourth-order valence-electron chi connectivity index (χ4n) is 3.49. The lowest BCUT2D eigenvalue weighted by molar-refractivity contribution is -0.127. The van der Waals surface area contributed by atoms with Crippen molar-refractivity contribution < 1.29 is 9.59 Å². The molecule has 0 spiro atoms. The molecule has 2 rings (SSSR count). The first-order chi connectivity index (χ1) is 11.2. The van der Waals surface area contributed by atoms with Crippen LogP contribution in [0.2, 0.25) is 0 Å². The number of carbonyl (C=O) groups is 2. The summed E-state index contributed by atoms with van der Waals surface area (Å²) in [4.78, 5) is 28.8. The van der Waals surface area contributed by atoms with Crippen molar-refractivity contribution in [2.24, 2.45) is 11.7 Å². The largest absolute Gasteiger partial charge is 0.352 e. The lowest BCUT2D eigenvalue weighted by Gasteiger charge is -2.35. The summed E-state index contributed by atoms with van der Waals surface area (Å²) < 4.78 is 0. The molecule has 7 heteroatoms. The number of nitrogens with zero attached hydrogens (tertiary/aromatic N) is 2. The van der Waals surface area contributed by atoms with Gasteiger partial charge >= 0.3 is 6.03 Å². The van der Waals surface area contributed by atoms with E-state index in [1.807, 2.05) is 9.80 Å². The molecule has 24 heavy (non-hydrogen) atoms. The molecule has 0 aliphatic carbocycles. The summed E-state index contributed by atoms with van der Waals surface area (Å²) in [5.74, 6) is -0.0264. The Kier molecular flexibility index (Phi) is 9.44. The molecule has 2 unspecified atom stereocenters. The van der Waals surface area contributed by atoms with Gasteiger partial charge in [-0.3, -0.25) is 4.79 Å². The van der Waals surface area contributed by atoms with Crippen molar-refractivity contribution in [1.82, 2.24) is 15.1 Å². The average molecular weight is 361 g/mol. The Morgan fingerprint density at radius 3 is 2.46 bits per heavy atom. The molecule has 2 aliphatic rings. The van der Waals surface area contributed by atoms with Gasteiger partial charge in [-0.05, 0) is 32.1 Å². The molecule has 3 N–H and O–H groups in total. The number of urea groups is 1. The van der Waals surface area contributed by atoms with Gasteiger partial charge in [-0.15, -0.1) is 12.4 Å². The van der Waals surface area contributed by atoms with Crippen LogP contribution in [0.4, 0.5) is 4.79 Å². The fraction of sp³-hybridized carbons (Fsp3) is 0.882. The van der Waals surface area contributed by atoms with E-state index in [-0.39, 0.29) is 36.3 Å². The van der Waals surface area contributed by atoms with E-state index >= 15 is 0 Å². The van der Waals surface area contributed by atoms with Crippen molar-refractivity contribution in [3.63, 3.8) is 0 Å². The van der Waals surface area contributed by atoms with Gasteiger partial charge in [0.15, 0.2) is 0 Å². The van der Waals surface area contributed by atoms with E-state index < -0.39 is 0 Å². The molecule has 6 nitrogen and oxygen atoms in total. The van der Waals surface area contributed by atoms with E-state index in [9.17, 15) is 9.59 Å².